The highest BCUT2D eigenvalue weighted by Gasteiger charge is 2.15. The SMILES string of the molecule is Cc1ccc(C)c(-c2nnc(OCC(=O)Nc3ccc(N4CCOCC4)cc3)c3ccccc23)c1. The van der Waals surface area contributed by atoms with Gasteiger partial charge in [-0.15, -0.1) is 10.2 Å². The van der Waals surface area contributed by atoms with E-state index in [9.17, 15) is 4.79 Å². The van der Waals surface area contributed by atoms with Crippen molar-refractivity contribution in [3.63, 3.8) is 0 Å². The number of hydrogen-bond donors (Lipinski definition) is 1. The molecule has 35 heavy (non-hydrogen) atoms. The molecule has 0 unspecified atom stereocenters. The first-order chi connectivity index (χ1) is 17.1. The van der Waals surface area contributed by atoms with Crippen LogP contribution in [0.3, 0.4) is 0 Å². The van der Waals surface area contributed by atoms with Crippen LogP contribution in [0.5, 0.6) is 5.88 Å². The van der Waals surface area contributed by atoms with Crippen LogP contribution in [0.4, 0.5) is 11.4 Å². The van der Waals surface area contributed by atoms with Gasteiger partial charge < -0.3 is 19.7 Å². The quantitative estimate of drug-likeness (QED) is 0.439. The summed E-state index contributed by atoms with van der Waals surface area (Å²) in [5.74, 6) is 0.0843. The van der Waals surface area contributed by atoms with Crippen LogP contribution in [0.2, 0.25) is 0 Å². The van der Waals surface area contributed by atoms with Crippen molar-refractivity contribution in [1.29, 1.82) is 0 Å². The molecule has 2 heterocycles. The summed E-state index contributed by atoms with van der Waals surface area (Å²) in [5, 5.41) is 13.4. The van der Waals surface area contributed by atoms with E-state index in [2.05, 4.69) is 52.5 Å². The van der Waals surface area contributed by atoms with Crippen LogP contribution < -0.4 is 15.0 Å². The Morgan fingerprint density at radius 2 is 1.71 bits per heavy atom. The summed E-state index contributed by atoms with van der Waals surface area (Å²) in [4.78, 5) is 14.8. The molecule has 1 aliphatic heterocycles. The van der Waals surface area contributed by atoms with Gasteiger partial charge in [0.25, 0.3) is 5.91 Å². The number of anilines is 2. The Morgan fingerprint density at radius 1 is 0.971 bits per heavy atom. The van der Waals surface area contributed by atoms with Crippen molar-refractivity contribution >= 4 is 28.1 Å². The predicted molar refractivity (Wildman–Crippen MR) is 138 cm³/mol. The summed E-state index contributed by atoms with van der Waals surface area (Å²) in [7, 11) is 0. The first kappa shape index (κ1) is 22.8. The van der Waals surface area contributed by atoms with Crippen LogP contribution in [-0.4, -0.2) is 49.0 Å². The number of nitrogens with zero attached hydrogens (tertiary/aromatic N) is 3. The fourth-order valence-electron chi connectivity index (χ4n) is 4.28. The molecule has 0 atom stereocenters. The maximum Gasteiger partial charge on any atom is 0.262 e. The number of morpholine rings is 1. The number of ether oxygens (including phenoxy) is 2. The second-order valence-corrected chi connectivity index (χ2v) is 8.70. The van der Waals surface area contributed by atoms with Crippen molar-refractivity contribution in [3.05, 3.63) is 77.9 Å². The average molecular weight is 469 g/mol. The van der Waals surface area contributed by atoms with E-state index in [4.69, 9.17) is 9.47 Å². The third-order valence-corrected chi connectivity index (χ3v) is 6.17. The van der Waals surface area contributed by atoms with Crippen molar-refractivity contribution in [3.8, 4) is 17.1 Å². The molecule has 0 radical (unpaired) electrons. The first-order valence-corrected chi connectivity index (χ1v) is 11.8. The van der Waals surface area contributed by atoms with Gasteiger partial charge in [-0.05, 0) is 55.8 Å². The minimum atomic E-state index is -0.256. The Kier molecular flexibility index (Phi) is 6.59. The van der Waals surface area contributed by atoms with Crippen molar-refractivity contribution in [2.45, 2.75) is 13.8 Å². The zero-order chi connectivity index (χ0) is 24.2. The molecule has 1 aliphatic rings. The van der Waals surface area contributed by atoms with Gasteiger partial charge in [-0.2, -0.15) is 0 Å². The van der Waals surface area contributed by atoms with E-state index in [0.717, 1.165) is 70.8 Å². The number of rotatable bonds is 6. The molecule has 5 rings (SSSR count). The standard InChI is InChI=1S/C28H28N4O3/c1-19-7-8-20(2)25(17-19)27-23-5-3-4-6-24(23)28(31-30-27)35-18-26(33)29-21-9-11-22(12-10-21)32-13-15-34-16-14-32/h3-12,17H,13-16,18H2,1-2H3,(H,29,33). The average Bonchev–Trinajstić information content (AvgIpc) is 2.90. The Hall–Kier alpha value is -3.97. The van der Waals surface area contributed by atoms with E-state index in [1.807, 2.05) is 48.5 Å². The predicted octanol–water partition coefficient (Wildman–Crippen LogP) is 4.77. The number of carbonyl (C=O) groups excluding carboxylic acids is 1. The zero-order valence-electron chi connectivity index (χ0n) is 20.0. The van der Waals surface area contributed by atoms with E-state index in [0.29, 0.717) is 5.88 Å². The highest BCUT2D eigenvalue weighted by atomic mass is 16.5. The summed E-state index contributed by atoms with van der Waals surface area (Å²) in [6.45, 7) is 7.18. The molecule has 1 N–H and O–H groups in total. The summed E-state index contributed by atoms with van der Waals surface area (Å²) in [6, 6.07) is 21.9. The highest BCUT2D eigenvalue weighted by Crippen LogP contribution is 2.32. The summed E-state index contributed by atoms with van der Waals surface area (Å²) < 4.78 is 11.2. The van der Waals surface area contributed by atoms with Crippen LogP contribution in [0.15, 0.2) is 66.7 Å². The lowest BCUT2D eigenvalue weighted by Gasteiger charge is -2.28. The molecule has 3 aromatic carbocycles. The fraction of sp³-hybridized carbons (Fsp3) is 0.250. The second kappa shape index (κ2) is 10.1. The normalized spacial score (nSPS) is 13.6. The van der Waals surface area contributed by atoms with E-state index < -0.39 is 0 Å². The van der Waals surface area contributed by atoms with Gasteiger partial charge in [0.05, 0.1) is 13.2 Å². The van der Waals surface area contributed by atoms with Crippen LogP contribution in [0.25, 0.3) is 22.0 Å². The van der Waals surface area contributed by atoms with E-state index in [1.54, 1.807) is 0 Å². The molecule has 1 saturated heterocycles. The molecule has 0 spiro atoms. The maximum atomic E-state index is 12.6. The molecular formula is C28H28N4O3. The molecule has 4 aromatic rings. The van der Waals surface area contributed by atoms with Crippen LogP contribution >= 0.6 is 0 Å². The summed E-state index contributed by atoms with van der Waals surface area (Å²) in [6.07, 6.45) is 0. The molecule has 178 valence electrons. The van der Waals surface area contributed by atoms with Gasteiger partial charge in [0.15, 0.2) is 6.61 Å². The van der Waals surface area contributed by atoms with Gasteiger partial charge in [-0.25, -0.2) is 0 Å². The van der Waals surface area contributed by atoms with E-state index in [-0.39, 0.29) is 12.5 Å². The minimum absolute atomic E-state index is 0.160. The monoisotopic (exact) mass is 468 g/mol. The Bertz CT molecular complexity index is 1350. The molecule has 1 aromatic heterocycles. The lowest BCUT2D eigenvalue weighted by Crippen LogP contribution is -2.36. The number of aromatic nitrogens is 2. The van der Waals surface area contributed by atoms with Gasteiger partial charge in [-0.1, -0.05) is 35.9 Å². The second-order valence-electron chi connectivity index (χ2n) is 8.70. The third kappa shape index (κ3) is 5.10. The van der Waals surface area contributed by atoms with Crippen molar-refractivity contribution < 1.29 is 14.3 Å². The molecular weight excluding hydrogens is 440 g/mol. The molecule has 0 bridgehead atoms. The van der Waals surface area contributed by atoms with E-state index in [1.165, 1.54) is 0 Å². The van der Waals surface area contributed by atoms with Crippen molar-refractivity contribution in [2.24, 2.45) is 0 Å². The molecule has 0 saturated carbocycles. The summed E-state index contributed by atoms with van der Waals surface area (Å²) >= 11 is 0. The number of amides is 1. The number of hydrogen-bond acceptors (Lipinski definition) is 6. The molecule has 1 fully saturated rings. The molecule has 1 amide bonds. The molecule has 0 aliphatic carbocycles. The Labute approximate surface area is 204 Å². The van der Waals surface area contributed by atoms with Gasteiger partial charge in [0.1, 0.15) is 5.69 Å². The number of nitrogens with one attached hydrogen (secondary N) is 1. The Morgan fingerprint density at radius 3 is 2.49 bits per heavy atom. The number of aryl methyl sites for hydroxylation is 2. The minimum Gasteiger partial charge on any atom is -0.466 e. The van der Waals surface area contributed by atoms with Crippen LogP contribution in [0.1, 0.15) is 11.1 Å². The largest absolute Gasteiger partial charge is 0.466 e. The van der Waals surface area contributed by atoms with E-state index >= 15 is 0 Å². The fourth-order valence-corrected chi connectivity index (χ4v) is 4.28. The van der Waals surface area contributed by atoms with Gasteiger partial charge in [-0.3, -0.25) is 4.79 Å². The lowest BCUT2D eigenvalue weighted by atomic mass is 9.99. The molecule has 7 nitrogen and oxygen atoms in total. The third-order valence-electron chi connectivity index (χ3n) is 6.17. The molecule has 7 heteroatoms. The Balaban J connectivity index is 1.29. The summed E-state index contributed by atoms with van der Waals surface area (Å²) in [5.41, 5.74) is 5.97. The van der Waals surface area contributed by atoms with Crippen LogP contribution in [0, 0.1) is 13.8 Å². The van der Waals surface area contributed by atoms with Crippen molar-refractivity contribution in [1.82, 2.24) is 10.2 Å². The number of carbonyl (C=O) groups is 1. The van der Waals surface area contributed by atoms with Gasteiger partial charge in [0.2, 0.25) is 5.88 Å². The van der Waals surface area contributed by atoms with Gasteiger partial charge in [0, 0.05) is 40.8 Å². The topological polar surface area (TPSA) is 76.6 Å². The lowest BCUT2D eigenvalue weighted by molar-refractivity contribution is -0.118. The maximum absolute atomic E-state index is 12.6. The smallest absolute Gasteiger partial charge is 0.262 e. The van der Waals surface area contributed by atoms with Gasteiger partial charge >= 0.3 is 0 Å². The first-order valence-electron chi connectivity index (χ1n) is 11.8. The highest BCUT2D eigenvalue weighted by molar-refractivity contribution is 5.98. The number of fused-ring (bicyclic) bond motifs is 1. The van der Waals surface area contributed by atoms with Crippen molar-refractivity contribution in [2.75, 3.05) is 43.1 Å². The van der Waals surface area contributed by atoms with Crippen LogP contribution in [-0.2, 0) is 9.53 Å². The number of benzene rings is 3. The zero-order valence-corrected chi connectivity index (χ0v) is 20.0.